The van der Waals surface area contributed by atoms with Gasteiger partial charge in [-0.1, -0.05) is 12.1 Å². The van der Waals surface area contributed by atoms with Crippen molar-refractivity contribution in [1.82, 2.24) is 14.9 Å². The van der Waals surface area contributed by atoms with E-state index in [1.165, 1.54) is 0 Å². The van der Waals surface area contributed by atoms with Gasteiger partial charge in [0, 0.05) is 18.3 Å². The first kappa shape index (κ1) is 20.2. The van der Waals surface area contributed by atoms with Crippen molar-refractivity contribution in [3.05, 3.63) is 5.82 Å². The summed E-state index contributed by atoms with van der Waals surface area (Å²) in [7, 11) is -0.973. The van der Waals surface area contributed by atoms with Crippen molar-refractivity contribution in [3.63, 3.8) is 0 Å². The lowest BCUT2D eigenvalue weighted by molar-refractivity contribution is -0.182. The third-order valence-electron chi connectivity index (χ3n) is 4.66. The SMILES string of the molecule is CCS(=O)NCC1CCC(Nc2nc(C(C)(C)C(F)(F)F)no2)CC1. The molecule has 6 nitrogen and oxygen atoms in total. The normalized spacial score (nSPS) is 23.4. The monoisotopic (exact) mass is 382 g/mol. The van der Waals surface area contributed by atoms with Crippen LogP contribution >= 0.6 is 0 Å². The van der Waals surface area contributed by atoms with E-state index in [4.69, 9.17) is 4.52 Å². The van der Waals surface area contributed by atoms with Crippen LogP contribution in [0.5, 0.6) is 0 Å². The predicted molar refractivity (Wildman–Crippen MR) is 89.4 cm³/mol. The molecular weight excluding hydrogens is 357 g/mol. The molecule has 1 aliphatic carbocycles. The Morgan fingerprint density at radius 3 is 2.44 bits per heavy atom. The minimum atomic E-state index is -4.45. The van der Waals surface area contributed by atoms with Crippen molar-refractivity contribution < 1.29 is 21.9 Å². The predicted octanol–water partition coefficient (Wildman–Crippen LogP) is 3.15. The molecule has 1 heterocycles. The second-order valence-corrected chi connectivity index (χ2v) is 8.45. The molecule has 0 spiro atoms. The average Bonchev–Trinajstić information content (AvgIpc) is 3.02. The lowest BCUT2D eigenvalue weighted by atomic mass is 9.86. The molecule has 1 aromatic heterocycles. The number of hydrogen-bond acceptors (Lipinski definition) is 5. The van der Waals surface area contributed by atoms with Crippen LogP contribution < -0.4 is 10.0 Å². The molecule has 1 unspecified atom stereocenters. The molecule has 1 fully saturated rings. The summed E-state index contributed by atoms with van der Waals surface area (Å²) in [5.41, 5.74) is -2.16. The Bertz CT molecular complexity index is 584. The van der Waals surface area contributed by atoms with Crippen LogP contribution in [-0.4, -0.2) is 38.9 Å². The number of nitrogens with zero attached hydrogens (tertiary/aromatic N) is 2. The fourth-order valence-corrected chi connectivity index (χ4v) is 3.29. The van der Waals surface area contributed by atoms with Crippen LogP contribution in [0.2, 0.25) is 0 Å². The van der Waals surface area contributed by atoms with Gasteiger partial charge in [-0.15, -0.1) is 0 Å². The molecule has 0 aliphatic heterocycles. The van der Waals surface area contributed by atoms with E-state index in [1.807, 2.05) is 6.92 Å². The Hall–Kier alpha value is -1.16. The van der Waals surface area contributed by atoms with Crippen molar-refractivity contribution in [2.75, 3.05) is 17.6 Å². The summed E-state index contributed by atoms with van der Waals surface area (Å²) in [6.07, 6.45) is -0.851. The first-order chi connectivity index (χ1) is 11.6. The molecule has 2 N–H and O–H groups in total. The van der Waals surface area contributed by atoms with Crippen LogP contribution in [0, 0.1) is 5.92 Å². The van der Waals surface area contributed by atoms with Crippen LogP contribution in [0.1, 0.15) is 52.3 Å². The maximum atomic E-state index is 13.0. The number of aromatic nitrogens is 2. The number of anilines is 1. The quantitative estimate of drug-likeness (QED) is 0.757. The van der Waals surface area contributed by atoms with E-state index in [1.54, 1.807) is 0 Å². The fraction of sp³-hybridized carbons (Fsp3) is 0.867. The summed E-state index contributed by atoms with van der Waals surface area (Å²) in [6, 6.07) is 0.121. The molecule has 144 valence electrons. The van der Waals surface area contributed by atoms with E-state index in [2.05, 4.69) is 20.2 Å². The second-order valence-electron chi connectivity index (χ2n) is 6.89. The molecular formula is C15H25F3N4O2S. The molecule has 1 saturated carbocycles. The Kier molecular flexibility index (Phi) is 6.47. The van der Waals surface area contributed by atoms with Crippen molar-refractivity contribution in [2.45, 2.75) is 64.1 Å². The highest BCUT2D eigenvalue weighted by atomic mass is 32.2. The summed E-state index contributed by atoms with van der Waals surface area (Å²) in [4.78, 5) is 3.87. The summed E-state index contributed by atoms with van der Waals surface area (Å²) in [5.74, 6) is 0.670. The van der Waals surface area contributed by atoms with Gasteiger partial charge >= 0.3 is 12.2 Å². The summed E-state index contributed by atoms with van der Waals surface area (Å²) in [5, 5.41) is 6.51. The van der Waals surface area contributed by atoms with E-state index in [0.29, 0.717) is 11.7 Å². The zero-order valence-electron chi connectivity index (χ0n) is 14.7. The van der Waals surface area contributed by atoms with Crippen LogP contribution in [0.3, 0.4) is 0 Å². The smallest absolute Gasteiger partial charge is 0.335 e. The minimum absolute atomic E-state index is 0.0287. The molecule has 0 saturated heterocycles. The number of nitrogens with one attached hydrogen (secondary N) is 2. The molecule has 2 rings (SSSR count). The van der Waals surface area contributed by atoms with E-state index in [-0.39, 0.29) is 17.9 Å². The van der Waals surface area contributed by atoms with Crippen molar-refractivity contribution >= 4 is 17.0 Å². The van der Waals surface area contributed by atoms with Gasteiger partial charge in [0.25, 0.3) is 0 Å². The van der Waals surface area contributed by atoms with Gasteiger partial charge in [0.05, 0.1) is 11.0 Å². The maximum absolute atomic E-state index is 13.0. The average molecular weight is 382 g/mol. The molecule has 10 heteroatoms. The van der Waals surface area contributed by atoms with Gasteiger partial charge in [-0.3, -0.25) is 0 Å². The summed E-state index contributed by atoms with van der Waals surface area (Å²) < 4.78 is 58.4. The molecule has 25 heavy (non-hydrogen) atoms. The molecule has 0 bridgehead atoms. The molecule has 1 atom stereocenters. The van der Waals surface area contributed by atoms with Crippen LogP contribution in [0.25, 0.3) is 0 Å². The van der Waals surface area contributed by atoms with Crippen molar-refractivity contribution in [2.24, 2.45) is 5.92 Å². The number of hydrogen-bond donors (Lipinski definition) is 2. The van der Waals surface area contributed by atoms with Crippen LogP contribution in [-0.2, 0) is 16.4 Å². The van der Waals surface area contributed by atoms with E-state index in [0.717, 1.165) is 46.1 Å². The highest BCUT2D eigenvalue weighted by Gasteiger charge is 2.51. The van der Waals surface area contributed by atoms with Crippen LogP contribution in [0.4, 0.5) is 19.2 Å². The lowest BCUT2D eigenvalue weighted by Crippen LogP contribution is -2.37. The summed E-state index contributed by atoms with van der Waals surface area (Å²) in [6.45, 7) is 4.64. The largest absolute Gasteiger partial charge is 0.401 e. The molecule has 0 amide bonds. The van der Waals surface area contributed by atoms with Gasteiger partial charge in [-0.2, -0.15) is 18.2 Å². The second kappa shape index (κ2) is 8.03. The minimum Gasteiger partial charge on any atom is -0.335 e. The van der Waals surface area contributed by atoms with Gasteiger partial charge < -0.3 is 9.84 Å². The standard InChI is InChI=1S/C15H25F3N4O2S/c1-4-25(23)19-9-10-5-7-11(8-6-10)20-13-21-12(22-24-13)14(2,3)15(16,17)18/h10-11,19H,4-9H2,1-3H3,(H,20,21,22). The zero-order chi connectivity index (χ0) is 18.7. The third kappa shape index (κ3) is 5.16. The number of rotatable bonds is 7. The van der Waals surface area contributed by atoms with Gasteiger partial charge in [0.1, 0.15) is 5.41 Å². The molecule has 0 radical (unpaired) electrons. The van der Waals surface area contributed by atoms with E-state index < -0.39 is 22.6 Å². The van der Waals surface area contributed by atoms with Crippen molar-refractivity contribution in [1.29, 1.82) is 0 Å². The summed E-state index contributed by atoms with van der Waals surface area (Å²) >= 11 is 0. The zero-order valence-corrected chi connectivity index (χ0v) is 15.5. The van der Waals surface area contributed by atoms with Gasteiger partial charge in [-0.05, 0) is 45.4 Å². The van der Waals surface area contributed by atoms with Gasteiger partial charge in [-0.25, -0.2) is 8.93 Å². The van der Waals surface area contributed by atoms with Gasteiger partial charge in [0.2, 0.25) is 0 Å². The number of halogens is 3. The topological polar surface area (TPSA) is 80.0 Å². The third-order valence-corrected chi connectivity index (χ3v) is 5.68. The van der Waals surface area contributed by atoms with E-state index >= 15 is 0 Å². The Balaban J connectivity index is 1.84. The van der Waals surface area contributed by atoms with Gasteiger partial charge in [0.15, 0.2) is 5.82 Å². The highest BCUT2D eigenvalue weighted by molar-refractivity contribution is 7.82. The maximum Gasteiger partial charge on any atom is 0.401 e. The highest BCUT2D eigenvalue weighted by Crippen LogP contribution is 2.39. The Morgan fingerprint density at radius 1 is 1.24 bits per heavy atom. The number of alkyl halides is 3. The van der Waals surface area contributed by atoms with E-state index in [9.17, 15) is 17.4 Å². The molecule has 1 aromatic rings. The first-order valence-corrected chi connectivity index (χ1v) is 9.74. The Labute approximate surface area is 147 Å². The fourth-order valence-electron chi connectivity index (χ4n) is 2.66. The van der Waals surface area contributed by atoms with Crippen molar-refractivity contribution in [3.8, 4) is 0 Å². The molecule has 0 aromatic carbocycles. The van der Waals surface area contributed by atoms with Crippen LogP contribution in [0.15, 0.2) is 4.52 Å². The Morgan fingerprint density at radius 2 is 1.88 bits per heavy atom. The lowest BCUT2D eigenvalue weighted by Gasteiger charge is -2.28. The molecule has 1 aliphatic rings. The first-order valence-electron chi connectivity index (χ1n) is 8.42.